The fourth-order valence-electron chi connectivity index (χ4n) is 3.81. The van der Waals surface area contributed by atoms with E-state index in [4.69, 9.17) is 12.2 Å². The standard InChI is InChI=1S/C22H21N5O4S/c1-14-4-2-3-5-18(14)26-21(29)17(20(28)24-22(26)32)13-15-12-16(27(30)31)6-7-19(15)25-10-8-23-9-11-25/h2-7,12-13,23H,8-11H2,1H3,(H,24,28,32)/b17-13-. The molecule has 0 unspecified atom stereocenters. The number of anilines is 2. The van der Waals surface area contributed by atoms with Crippen molar-refractivity contribution in [3.63, 3.8) is 0 Å². The second kappa shape index (κ2) is 8.85. The number of amides is 2. The molecule has 0 atom stereocenters. The van der Waals surface area contributed by atoms with Gasteiger partial charge in [-0.3, -0.25) is 29.9 Å². The molecule has 2 aromatic rings. The van der Waals surface area contributed by atoms with E-state index in [0.29, 0.717) is 24.3 Å². The predicted octanol–water partition coefficient (Wildman–Crippen LogP) is 2.14. The molecule has 2 amide bonds. The number of carbonyl (C=O) groups is 2. The van der Waals surface area contributed by atoms with Gasteiger partial charge in [-0.25, -0.2) is 0 Å². The quantitative estimate of drug-likeness (QED) is 0.241. The van der Waals surface area contributed by atoms with Gasteiger partial charge in [-0.15, -0.1) is 0 Å². The van der Waals surface area contributed by atoms with Crippen LogP contribution in [0.3, 0.4) is 0 Å². The maximum atomic E-state index is 13.4. The van der Waals surface area contributed by atoms with Gasteiger partial charge in [0.1, 0.15) is 5.57 Å². The summed E-state index contributed by atoms with van der Waals surface area (Å²) >= 11 is 5.27. The van der Waals surface area contributed by atoms with Crippen LogP contribution in [0.2, 0.25) is 0 Å². The third-order valence-electron chi connectivity index (χ3n) is 5.44. The number of carbonyl (C=O) groups excluding carboxylic acids is 2. The third kappa shape index (κ3) is 4.10. The molecule has 0 aromatic heterocycles. The van der Waals surface area contributed by atoms with E-state index < -0.39 is 16.7 Å². The molecule has 2 N–H and O–H groups in total. The number of para-hydroxylation sites is 1. The average molecular weight is 452 g/mol. The molecule has 0 aliphatic carbocycles. The zero-order valence-corrected chi connectivity index (χ0v) is 18.1. The van der Waals surface area contributed by atoms with Crippen LogP contribution in [0.1, 0.15) is 11.1 Å². The molecule has 164 valence electrons. The van der Waals surface area contributed by atoms with Crippen LogP contribution in [-0.4, -0.2) is 48.0 Å². The average Bonchev–Trinajstić information content (AvgIpc) is 2.78. The largest absolute Gasteiger partial charge is 0.368 e. The Bertz CT molecular complexity index is 1160. The van der Waals surface area contributed by atoms with Crippen molar-refractivity contribution in [3.8, 4) is 0 Å². The number of non-ortho nitro benzene ring substituents is 1. The molecule has 2 fully saturated rings. The molecule has 2 aliphatic rings. The molecule has 2 heterocycles. The Morgan fingerprint density at radius 2 is 1.81 bits per heavy atom. The second-order valence-electron chi connectivity index (χ2n) is 7.48. The highest BCUT2D eigenvalue weighted by Gasteiger charge is 2.35. The maximum Gasteiger partial charge on any atom is 0.270 e. The van der Waals surface area contributed by atoms with Gasteiger partial charge in [0.05, 0.1) is 10.6 Å². The van der Waals surface area contributed by atoms with Crippen LogP contribution in [0, 0.1) is 17.0 Å². The summed E-state index contributed by atoms with van der Waals surface area (Å²) in [6.07, 6.45) is 1.41. The Balaban J connectivity index is 1.80. The van der Waals surface area contributed by atoms with E-state index in [2.05, 4.69) is 15.5 Å². The Labute approximate surface area is 189 Å². The zero-order chi connectivity index (χ0) is 22.8. The van der Waals surface area contributed by atoms with Crippen LogP contribution in [0.25, 0.3) is 6.08 Å². The highest BCUT2D eigenvalue weighted by molar-refractivity contribution is 7.80. The molecule has 0 bridgehead atoms. The minimum Gasteiger partial charge on any atom is -0.368 e. The van der Waals surface area contributed by atoms with E-state index in [1.165, 1.54) is 23.1 Å². The van der Waals surface area contributed by atoms with Gasteiger partial charge in [-0.1, -0.05) is 18.2 Å². The molecule has 0 radical (unpaired) electrons. The number of thiocarbonyl (C=S) groups is 1. The van der Waals surface area contributed by atoms with Gasteiger partial charge in [0, 0.05) is 49.6 Å². The van der Waals surface area contributed by atoms with Gasteiger partial charge in [0.2, 0.25) is 0 Å². The summed E-state index contributed by atoms with van der Waals surface area (Å²) in [4.78, 5) is 40.3. The number of hydrogen-bond donors (Lipinski definition) is 2. The Kier molecular flexibility index (Phi) is 5.97. The first kappa shape index (κ1) is 21.6. The fourth-order valence-corrected chi connectivity index (χ4v) is 4.08. The number of rotatable bonds is 4. The first-order valence-corrected chi connectivity index (χ1v) is 10.5. The lowest BCUT2D eigenvalue weighted by molar-refractivity contribution is -0.384. The van der Waals surface area contributed by atoms with Gasteiger partial charge < -0.3 is 10.2 Å². The van der Waals surface area contributed by atoms with Crippen LogP contribution in [-0.2, 0) is 9.59 Å². The van der Waals surface area contributed by atoms with Crippen molar-refractivity contribution in [2.24, 2.45) is 0 Å². The fraction of sp³-hybridized carbons (Fsp3) is 0.227. The monoisotopic (exact) mass is 451 g/mol. The van der Waals surface area contributed by atoms with Gasteiger partial charge in [-0.2, -0.15) is 0 Å². The molecule has 0 spiro atoms. The number of aryl methyl sites for hydroxylation is 1. The van der Waals surface area contributed by atoms with E-state index in [0.717, 1.165) is 24.3 Å². The Hall–Kier alpha value is -3.63. The minimum absolute atomic E-state index is 0.00665. The maximum absolute atomic E-state index is 13.4. The van der Waals surface area contributed by atoms with Crippen LogP contribution >= 0.6 is 12.2 Å². The first-order chi connectivity index (χ1) is 15.4. The number of nitrogens with zero attached hydrogens (tertiary/aromatic N) is 3. The van der Waals surface area contributed by atoms with Gasteiger partial charge in [0.25, 0.3) is 17.5 Å². The van der Waals surface area contributed by atoms with Crippen molar-refractivity contribution in [2.45, 2.75) is 6.92 Å². The number of benzene rings is 2. The second-order valence-corrected chi connectivity index (χ2v) is 7.87. The van der Waals surface area contributed by atoms with Gasteiger partial charge >= 0.3 is 0 Å². The molecular formula is C22H21N5O4S. The molecule has 2 aliphatic heterocycles. The Morgan fingerprint density at radius 3 is 2.50 bits per heavy atom. The van der Waals surface area contributed by atoms with E-state index >= 15 is 0 Å². The normalized spacial score (nSPS) is 18.2. The molecule has 10 heteroatoms. The van der Waals surface area contributed by atoms with Crippen LogP contribution in [0.4, 0.5) is 17.1 Å². The summed E-state index contributed by atoms with van der Waals surface area (Å²) in [5, 5.41) is 17.2. The van der Waals surface area contributed by atoms with Crippen LogP contribution in [0.5, 0.6) is 0 Å². The summed E-state index contributed by atoms with van der Waals surface area (Å²) in [5.74, 6) is -1.21. The predicted molar refractivity (Wildman–Crippen MR) is 126 cm³/mol. The number of piperazine rings is 1. The van der Waals surface area contributed by atoms with Crippen molar-refractivity contribution >= 4 is 52.3 Å². The van der Waals surface area contributed by atoms with Crippen molar-refractivity contribution in [3.05, 3.63) is 69.3 Å². The van der Waals surface area contributed by atoms with Crippen LogP contribution in [0.15, 0.2) is 48.0 Å². The molecule has 2 aromatic carbocycles. The lowest BCUT2D eigenvalue weighted by atomic mass is 10.0. The van der Waals surface area contributed by atoms with Gasteiger partial charge in [0.15, 0.2) is 5.11 Å². The highest BCUT2D eigenvalue weighted by atomic mass is 32.1. The van der Waals surface area contributed by atoms with Crippen molar-refractivity contribution < 1.29 is 14.5 Å². The van der Waals surface area contributed by atoms with Crippen molar-refractivity contribution in [1.29, 1.82) is 0 Å². The summed E-state index contributed by atoms with van der Waals surface area (Å²) < 4.78 is 0. The lowest BCUT2D eigenvalue weighted by Crippen LogP contribution is -2.54. The highest BCUT2D eigenvalue weighted by Crippen LogP contribution is 2.30. The topological polar surface area (TPSA) is 108 Å². The van der Waals surface area contributed by atoms with E-state index in [9.17, 15) is 19.7 Å². The SMILES string of the molecule is Cc1ccccc1N1C(=O)/C(=C\c2cc([N+](=O)[O-])ccc2N2CCNCC2)C(=O)NC1=S. The molecule has 2 saturated heterocycles. The third-order valence-corrected chi connectivity index (χ3v) is 5.72. The van der Waals surface area contributed by atoms with Crippen LogP contribution < -0.4 is 20.4 Å². The molecule has 0 saturated carbocycles. The number of nitro groups is 1. The zero-order valence-electron chi connectivity index (χ0n) is 17.3. The Morgan fingerprint density at radius 1 is 1.09 bits per heavy atom. The summed E-state index contributed by atoms with van der Waals surface area (Å²) in [6.45, 7) is 4.78. The van der Waals surface area contributed by atoms with Crippen molar-refractivity contribution in [2.75, 3.05) is 36.0 Å². The number of nitrogens with one attached hydrogen (secondary N) is 2. The number of hydrogen-bond acceptors (Lipinski definition) is 7. The van der Waals surface area contributed by atoms with Gasteiger partial charge in [-0.05, 0) is 42.9 Å². The molecule has 32 heavy (non-hydrogen) atoms. The minimum atomic E-state index is -0.636. The smallest absolute Gasteiger partial charge is 0.270 e. The van der Waals surface area contributed by atoms with E-state index in [1.807, 2.05) is 19.1 Å². The summed E-state index contributed by atoms with van der Waals surface area (Å²) in [7, 11) is 0. The summed E-state index contributed by atoms with van der Waals surface area (Å²) in [5.41, 5.74) is 2.27. The molecule has 4 rings (SSSR count). The molecular weight excluding hydrogens is 430 g/mol. The molecule has 9 nitrogen and oxygen atoms in total. The first-order valence-electron chi connectivity index (χ1n) is 10.1. The van der Waals surface area contributed by atoms with E-state index in [1.54, 1.807) is 18.2 Å². The summed E-state index contributed by atoms with van der Waals surface area (Å²) in [6, 6.07) is 11.7. The van der Waals surface area contributed by atoms with Crippen molar-refractivity contribution in [1.82, 2.24) is 10.6 Å². The number of nitro benzene ring substituents is 1. The lowest BCUT2D eigenvalue weighted by Gasteiger charge is -2.32. The van der Waals surface area contributed by atoms with E-state index in [-0.39, 0.29) is 16.4 Å².